The number of carbonyl (C=O) groups is 2. The van der Waals surface area contributed by atoms with E-state index in [2.05, 4.69) is 5.43 Å². The van der Waals surface area contributed by atoms with Gasteiger partial charge < -0.3 is 9.47 Å². The third-order valence-electron chi connectivity index (χ3n) is 2.47. The van der Waals surface area contributed by atoms with Crippen LogP contribution in [0.4, 0.5) is 9.59 Å². The number of cyclic esters (lactones) is 1. The topological polar surface area (TPSA) is 67.9 Å². The van der Waals surface area contributed by atoms with Crippen LogP contribution in [0.15, 0.2) is 0 Å². The lowest BCUT2D eigenvalue weighted by atomic mass is 10.0. The Balaban J connectivity index is 2.65. The van der Waals surface area contributed by atoms with Gasteiger partial charge in [0.2, 0.25) is 0 Å². The lowest BCUT2D eigenvalue weighted by Gasteiger charge is -2.29. The van der Waals surface area contributed by atoms with Crippen LogP contribution >= 0.6 is 0 Å². The van der Waals surface area contributed by atoms with Crippen LogP contribution in [-0.4, -0.2) is 35.9 Å². The SMILES string of the molecule is CCOC(=O)NN1C(=O)OC[C@@]1(C)CC. The molecule has 0 radical (unpaired) electrons. The second-order valence-corrected chi connectivity index (χ2v) is 3.57. The van der Waals surface area contributed by atoms with Crippen molar-refractivity contribution in [3.63, 3.8) is 0 Å². The molecule has 0 aromatic heterocycles. The summed E-state index contributed by atoms with van der Waals surface area (Å²) in [5, 5.41) is 1.19. The average molecular weight is 216 g/mol. The van der Waals surface area contributed by atoms with E-state index in [4.69, 9.17) is 9.47 Å². The van der Waals surface area contributed by atoms with Crippen molar-refractivity contribution in [3.8, 4) is 0 Å². The number of nitrogens with zero attached hydrogens (tertiary/aromatic N) is 1. The summed E-state index contributed by atoms with van der Waals surface area (Å²) in [6, 6.07) is 0. The first kappa shape index (κ1) is 11.6. The fourth-order valence-corrected chi connectivity index (χ4v) is 1.26. The number of hydrogen-bond acceptors (Lipinski definition) is 4. The number of carbonyl (C=O) groups excluding carboxylic acids is 2. The van der Waals surface area contributed by atoms with Gasteiger partial charge in [-0.15, -0.1) is 0 Å². The van der Waals surface area contributed by atoms with Crippen molar-refractivity contribution in [1.29, 1.82) is 0 Å². The summed E-state index contributed by atoms with van der Waals surface area (Å²) in [5.41, 5.74) is 1.87. The molecule has 1 fully saturated rings. The molecule has 6 heteroatoms. The molecule has 0 bridgehead atoms. The van der Waals surface area contributed by atoms with Crippen LogP contribution in [0, 0.1) is 0 Å². The summed E-state index contributed by atoms with van der Waals surface area (Å²) in [6.45, 7) is 5.99. The lowest BCUT2D eigenvalue weighted by molar-refractivity contribution is 0.0858. The number of ether oxygens (including phenoxy) is 2. The molecule has 1 atom stereocenters. The van der Waals surface area contributed by atoms with Gasteiger partial charge in [-0.05, 0) is 20.3 Å². The van der Waals surface area contributed by atoms with Crippen molar-refractivity contribution in [2.75, 3.05) is 13.2 Å². The van der Waals surface area contributed by atoms with Crippen LogP contribution in [0.1, 0.15) is 27.2 Å². The van der Waals surface area contributed by atoms with E-state index in [1.165, 1.54) is 5.01 Å². The van der Waals surface area contributed by atoms with Gasteiger partial charge in [-0.3, -0.25) is 0 Å². The summed E-state index contributed by atoms with van der Waals surface area (Å²) in [6.07, 6.45) is -0.506. The molecule has 0 aromatic rings. The largest absolute Gasteiger partial charge is 0.449 e. The Morgan fingerprint density at radius 2 is 2.33 bits per heavy atom. The van der Waals surface area contributed by atoms with Crippen LogP contribution in [0.3, 0.4) is 0 Å². The quantitative estimate of drug-likeness (QED) is 0.771. The zero-order chi connectivity index (χ0) is 11.5. The monoisotopic (exact) mass is 216 g/mol. The minimum atomic E-state index is -0.643. The maximum atomic E-state index is 11.3. The maximum absolute atomic E-state index is 11.3. The first-order valence-corrected chi connectivity index (χ1v) is 4.94. The van der Waals surface area contributed by atoms with E-state index in [9.17, 15) is 9.59 Å². The molecule has 1 rings (SSSR count). The summed E-state index contributed by atoms with van der Waals surface area (Å²) in [5.74, 6) is 0. The van der Waals surface area contributed by atoms with Crippen molar-refractivity contribution in [2.45, 2.75) is 32.7 Å². The lowest BCUT2D eigenvalue weighted by Crippen LogP contribution is -2.54. The van der Waals surface area contributed by atoms with Gasteiger partial charge >= 0.3 is 12.2 Å². The number of hydrazine groups is 1. The van der Waals surface area contributed by atoms with Gasteiger partial charge in [0.05, 0.1) is 12.1 Å². The summed E-state index contributed by atoms with van der Waals surface area (Å²) >= 11 is 0. The van der Waals surface area contributed by atoms with Crippen molar-refractivity contribution < 1.29 is 19.1 Å². The molecule has 1 heterocycles. The Hall–Kier alpha value is -1.46. The second-order valence-electron chi connectivity index (χ2n) is 3.57. The predicted octanol–water partition coefficient (Wildman–Crippen LogP) is 1.27. The molecule has 1 saturated heterocycles. The van der Waals surface area contributed by atoms with E-state index in [0.717, 1.165) is 0 Å². The molecular weight excluding hydrogens is 200 g/mol. The molecule has 0 aliphatic carbocycles. The van der Waals surface area contributed by atoms with Gasteiger partial charge in [-0.1, -0.05) is 6.92 Å². The number of amides is 2. The first-order valence-electron chi connectivity index (χ1n) is 4.94. The van der Waals surface area contributed by atoms with Crippen LogP contribution in [0.2, 0.25) is 0 Å². The third kappa shape index (κ3) is 2.31. The Morgan fingerprint density at radius 1 is 1.67 bits per heavy atom. The van der Waals surface area contributed by atoms with Gasteiger partial charge in [0.15, 0.2) is 0 Å². The molecule has 0 unspecified atom stereocenters. The van der Waals surface area contributed by atoms with Crippen molar-refractivity contribution >= 4 is 12.2 Å². The van der Waals surface area contributed by atoms with E-state index >= 15 is 0 Å². The minimum Gasteiger partial charge on any atom is -0.449 e. The van der Waals surface area contributed by atoms with Crippen LogP contribution in [-0.2, 0) is 9.47 Å². The number of rotatable bonds is 3. The fraction of sp³-hybridized carbons (Fsp3) is 0.778. The summed E-state index contributed by atoms with van der Waals surface area (Å²) in [7, 11) is 0. The van der Waals surface area contributed by atoms with Gasteiger partial charge in [0.1, 0.15) is 6.61 Å². The highest BCUT2D eigenvalue weighted by Crippen LogP contribution is 2.24. The van der Waals surface area contributed by atoms with Gasteiger partial charge in [0.25, 0.3) is 0 Å². The van der Waals surface area contributed by atoms with Crippen LogP contribution in [0.5, 0.6) is 0 Å². The Bertz CT molecular complexity index is 269. The smallest absolute Gasteiger partial charge is 0.429 e. The summed E-state index contributed by atoms with van der Waals surface area (Å²) in [4.78, 5) is 22.5. The number of nitrogens with one attached hydrogen (secondary N) is 1. The maximum Gasteiger partial charge on any atom is 0.429 e. The molecule has 6 nitrogen and oxygen atoms in total. The van der Waals surface area contributed by atoms with Gasteiger partial charge in [-0.25, -0.2) is 20.0 Å². The molecule has 0 spiro atoms. The molecular formula is C9H16N2O4. The molecule has 1 aliphatic rings. The van der Waals surface area contributed by atoms with Crippen LogP contribution in [0.25, 0.3) is 0 Å². The Kier molecular flexibility index (Phi) is 3.39. The molecule has 2 amide bonds. The molecule has 0 aromatic carbocycles. The van der Waals surface area contributed by atoms with Gasteiger partial charge in [-0.2, -0.15) is 0 Å². The van der Waals surface area contributed by atoms with Gasteiger partial charge in [0, 0.05) is 0 Å². The zero-order valence-electron chi connectivity index (χ0n) is 9.20. The van der Waals surface area contributed by atoms with E-state index in [0.29, 0.717) is 6.42 Å². The van der Waals surface area contributed by atoms with E-state index < -0.39 is 17.7 Å². The highest BCUT2D eigenvalue weighted by Gasteiger charge is 2.43. The molecule has 86 valence electrons. The minimum absolute atomic E-state index is 0.261. The number of hydrogen-bond donors (Lipinski definition) is 1. The van der Waals surface area contributed by atoms with Crippen molar-refractivity contribution in [1.82, 2.24) is 10.4 Å². The molecule has 1 N–H and O–H groups in total. The Labute approximate surface area is 88.5 Å². The normalized spacial score (nSPS) is 25.0. The summed E-state index contributed by atoms with van der Waals surface area (Å²) < 4.78 is 9.56. The molecule has 15 heavy (non-hydrogen) atoms. The van der Waals surface area contributed by atoms with Crippen LogP contribution < -0.4 is 5.43 Å². The van der Waals surface area contributed by atoms with E-state index in [1.54, 1.807) is 6.92 Å². The fourth-order valence-electron chi connectivity index (χ4n) is 1.26. The third-order valence-corrected chi connectivity index (χ3v) is 2.47. The standard InChI is InChI=1S/C9H16N2O4/c1-4-9(3)6-15-8(13)11(9)10-7(12)14-5-2/h4-6H2,1-3H3,(H,10,12)/t9-/m1/s1. The molecule has 0 saturated carbocycles. The average Bonchev–Trinajstić information content (AvgIpc) is 2.48. The van der Waals surface area contributed by atoms with Crippen molar-refractivity contribution in [2.24, 2.45) is 0 Å². The van der Waals surface area contributed by atoms with E-state index in [-0.39, 0.29) is 13.2 Å². The first-order chi connectivity index (χ1) is 7.03. The molecule has 1 aliphatic heterocycles. The zero-order valence-corrected chi connectivity index (χ0v) is 9.20. The van der Waals surface area contributed by atoms with Crippen molar-refractivity contribution in [3.05, 3.63) is 0 Å². The second kappa shape index (κ2) is 4.37. The van der Waals surface area contributed by atoms with E-state index in [1.807, 2.05) is 13.8 Å². The Morgan fingerprint density at radius 3 is 2.87 bits per heavy atom. The highest BCUT2D eigenvalue weighted by molar-refractivity contribution is 5.76. The highest BCUT2D eigenvalue weighted by atomic mass is 16.6. The predicted molar refractivity (Wildman–Crippen MR) is 52.0 cm³/mol.